The molecule has 2 N–H and O–H groups in total. The molecule has 0 aliphatic carbocycles. The van der Waals surface area contributed by atoms with E-state index in [-0.39, 0.29) is 24.8 Å². The molecule has 102 valence electrons. The summed E-state index contributed by atoms with van der Waals surface area (Å²) in [6.07, 6.45) is 4.46. The molecule has 0 amide bonds. The van der Waals surface area contributed by atoms with Gasteiger partial charge >= 0.3 is 0 Å². The van der Waals surface area contributed by atoms with Gasteiger partial charge < -0.3 is 10.3 Å². The van der Waals surface area contributed by atoms with Crippen LogP contribution in [-0.2, 0) is 13.0 Å². The van der Waals surface area contributed by atoms with E-state index in [4.69, 9.17) is 11.6 Å². The van der Waals surface area contributed by atoms with Gasteiger partial charge in [-0.3, -0.25) is 0 Å². The molecule has 1 rings (SSSR count). The number of unbranched alkanes of at least 4 members (excludes halogenated alkanes) is 1. The molecule has 0 atom stereocenters. The topological polar surface area (TPSA) is 40.7 Å². The second-order valence-corrected chi connectivity index (χ2v) is 4.09. The smallest absolute Gasteiger partial charge is 0.151 e. The third kappa shape index (κ3) is 7.14. The highest BCUT2D eigenvalue weighted by Gasteiger charge is 2.06. The summed E-state index contributed by atoms with van der Waals surface area (Å²) in [6.45, 7) is 6.12. The lowest BCUT2D eigenvalue weighted by Gasteiger charge is -2.00. The second-order valence-electron chi connectivity index (χ2n) is 3.73. The summed E-state index contributed by atoms with van der Waals surface area (Å²) in [5.74, 6) is 1.01. The van der Waals surface area contributed by atoms with Crippen LogP contribution in [0, 0.1) is 0 Å². The predicted molar refractivity (Wildman–Crippen MR) is 78.7 cm³/mol. The molecule has 1 aromatic heterocycles. The van der Waals surface area contributed by atoms with Gasteiger partial charge in [0.05, 0.1) is 5.69 Å². The van der Waals surface area contributed by atoms with Gasteiger partial charge in [0.2, 0.25) is 0 Å². The SMILES string of the molecule is CCCCc1nc(Cl)c(CNCCC)[nH]1.Cl.Cl. The highest BCUT2D eigenvalue weighted by Crippen LogP contribution is 2.13. The monoisotopic (exact) mass is 301 g/mol. The van der Waals surface area contributed by atoms with Gasteiger partial charge in [-0.1, -0.05) is 31.9 Å². The van der Waals surface area contributed by atoms with Gasteiger partial charge in [0.1, 0.15) is 5.82 Å². The average Bonchev–Trinajstić information content (AvgIpc) is 2.57. The molecule has 0 saturated carbocycles. The van der Waals surface area contributed by atoms with Crippen molar-refractivity contribution in [3.63, 3.8) is 0 Å². The molecule has 0 bridgehead atoms. The third-order valence-corrected chi connectivity index (χ3v) is 2.59. The van der Waals surface area contributed by atoms with Crippen LogP contribution in [0.4, 0.5) is 0 Å². The highest BCUT2D eigenvalue weighted by molar-refractivity contribution is 6.30. The van der Waals surface area contributed by atoms with Crippen molar-refractivity contribution in [2.75, 3.05) is 6.54 Å². The van der Waals surface area contributed by atoms with Gasteiger partial charge in [-0.25, -0.2) is 4.98 Å². The van der Waals surface area contributed by atoms with E-state index in [2.05, 4.69) is 29.1 Å². The summed E-state index contributed by atoms with van der Waals surface area (Å²) < 4.78 is 0. The Morgan fingerprint density at radius 2 is 1.94 bits per heavy atom. The van der Waals surface area contributed by atoms with Gasteiger partial charge in [-0.2, -0.15) is 0 Å². The summed E-state index contributed by atoms with van der Waals surface area (Å²) in [5.41, 5.74) is 1.01. The lowest BCUT2D eigenvalue weighted by Crippen LogP contribution is -2.14. The highest BCUT2D eigenvalue weighted by atomic mass is 35.5. The van der Waals surface area contributed by atoms with Crippen LogP contribution in [-0.4, -0.2) is 16.5 Å². The first-order valence-electron chi connectivity index (χ1n) is 5.71. The predicted octanol–water partition coefficient (Wildman–Crippen LogP) is 3.75. The Balaban J connectivity index is 0. The largest absolute Gasteiger partial charge is 0.344 e. The Bertz CT molecular complexity index is 289. The summed E-state index contributed by atoms with van der Waals surface area (Å²) in [7, 11) is 0. The van der Waals surface area contributed by atoms with Crippen LogP contribution in [0.15, 0.2) is 0 Å². The fourth-order valence-electron chi connectivity index (χ4n) is 1.41. The molecule has 0 spiro atoms. The molecule has 1 heterocycles. The Labute approximate surface area is 121 Å². The first-order chi connectivity index (χ1) is 7.27. The minimum absolute atomic E-state index is 0. The van der Waals surface area contributed by atoms with Crippen molar-refractivity contribution in [2.24, 2.45) is 0 Å². The van der Waals surface area contributed by atoms with E-state index in [1.807, 2.05) is 0 Å². The number of H-pyrrole nitrogens is 1. The summed E-state index contributed by atoms with van der Waals surface area (Å²) in [5, 5.41) is 3.92. The van der Waals surface area contributed by atoms with Gasteiger partial charge in [0.15, 0.2) is 5.15 Å². The van der Waals surface area contributed by atoms with Crippen LogP contribution in [0.2, 0.25) is 5.15 Å². The normalized spacial score (nSPS) is 9.59. The number of nitrogens with one attached hydrogen (secondary N) is 2. The maximum Gasteiger partial charge on any atom is 0.151 e. The van der Waals surface area contributed by atoms with Crippen LogP contribution < -0.4 is 5.32 Å². The summed E-state index contributed by atoms with van der Waals surface area (Å²) >= 11 is 6.02. The quantitative estimate of drug-likeness (QED) is 0.753. The maximum absolute atomic E-state index is 6.02. The van der Waals surface area contributed by atoms with Gasteiger partial charge in [-0.15, -0.1) is 24.8 Å². The number of nitrogens with zero attached hydrogens (tertiary/aromatic N) is 1. The van der Waals surface area contributed by atoms with E-state index >= 15 is 0 Å². The Morgan fingerprint density at radius 3 is 2.53 bits per heavy atom. The molecule has 3 nitrogen and oxygen atoms in total. The lowest BCUT2D eigenvalue weighted by atomic mass is 10.2. The molecule has 6 heteroatoms. The van der Waals surface area contributed by atoms with Crippen LogP contribution >= 0.6 is 36.4 Å². The van der Waals surface area contributed by atoms with Crippen LogP contribution in [0.5, 0.6) is 0 Å². The Morgan fingerprint density at radius 1 is 1.24 bits per heavy atom. The Hall–Kier alpha value is 0.0400. The number of halogens is 3. The van der Waals surface area contributed by atoms with Crippen LogP contribution in [0.25, 0.3) is 0 Å². The van der Waals surface area contributed by atoms with Crippen LogP contribution in [0.3, 0.4) is 0 Å². The summed E-state index contributed by atoms with van der Waals surface area (Å²) in [6, 6.07) is 0. The zero-order valence-electron chi connectivity index (χ0n) is 10.4. The Kier molecular flexibility index (Phi) is 12.7. The molecule has 0 aromatic carbocycles. The minimum atomic E-state index is 0. The number of rotatable bonds is 7. The van der Waals surface area contributed by atoms with E-state index in [1.165, 1.54) is 6.42 Å². The molecule has 0 aliphatic rings. The number of aromatic amines is 1. The zero-order chi connectivity index (χ0) is 11.1. The molecule has 1 aromatic rings. The first kappa shape index (κ1) is 19.4. The number of imidazole rings is 1. The average molecular weight is 303 g/mol. The first-order valence-corrected chi connectivity index (χ1v) is 6.09. The van der Waals surface area contributed by atoms with Gasteiger partial charge in [-0.05, 0) is 19.4 Å². The van der Waals surface area contributed by atoms with Gasteiger partial charge in [0.25, 0.3) is 0 Å². The van der Waals surface area contributed by atoms with Crippen molar-refractivity contribution in [3.05, 3.63) is 16.7 Å². The van der Waals surface area contributed by atoms with Crippen molar-refractivity contribution in [3.8, 4) is 0 Å². The molecule has 17 heavy (non-hydrogen) atoms. The van der Waals surface area contributed by atoms with Crippen molar-refractivity contribution in [1.82, 2.24) is 15.3 Å². The van der Waals surface area contributed by atoms with E-state index in [0.717, 1.165) is 43.9 Å². The molecule has 0 radical (unpaired) electrons. The second kappa shape index (κ2) is 11.1. The van der Waals surface area contributed by atoms with E-state index < -0.39 is 0 Å². The lowest BCUT2D eigenvalue weighted by molar-refractivity contribution is 0.664. The van der Waals surface area contributed by atoms with Crippen molar-refractivity contribution < 1.29 is 0 Å². The number of hydrogen-bond acceptors (Lipinski definition) is 2. The number of aryl methyl sites for hydroxylation is 1. The molecule has 0 unspecified atom stereocenters. The fraction of sp³-hybridized carbons (Fsp3) is 0.727. The van der Waals surface area contributed by atoms with E-state index in [0.29, 0.717) is 5.15 Å². The zero-order valence-corrected chi connectivity index (χ0v) is 12.8. The molecule has 0 saturated heterocycles. The summed E-state index contributed by atoms with van der Waals surface area (Å²) in [4.78, 5) is 7.57. The molecular formula is C11H22Cl3N3. The van der Waals surface area contributed by atoms with E-state index in [1.54, 1.807) is 0 Å². The number of aromatic nitrogens is 2. The third-order valence-electron chi connectivity index (χ3n) is 2.27. The van der Waals surface area contributed by atoms with Crippen molar-refractivity contribution >= 4 is 36.4 Å². The maximum atomic E-state index is 6.02. The minimum Gasteiger partial charge on any atom is -0.344 e. The molecular weight excluding hydrogens is 281 g/mol. The van der Waals surface area contributed by atoms with E-state index in [9.17, 15) is 0 Å². The van der Waals surface area contributed by atoms with Crippen molar-refractivity contribution in [2.45, 2.75) is 46.1 Å². The molecule has 0 aliphatic heterocycles. The standard InChI is InChI=1S/C11H20ClN3.2ClH/c1-3-5-6-10-14-9(11(12)15-10)8-13-7-4-2;;/h13H,3-8H2,1-2H3,(H,14,15);2*1H. The van der Waals surface area contributed by atoms with Crippen molar-refractivity contribution in [1.29, 1.82) is 0 Å². The van der Waals surface area contributed by atoms with Crippen LogP contribution in [0.1, 0.15) is 44.6 Å². The van der Waals surface area contributed by atoms with Gasteiger partial charge in [0, 0.05) is 13.0 Å². The molecule has 0 fully saturated rings. The number of hydrogen-bond donors (Lipinski definition) is 2. The fourth-order valence-corrected chi connectivity index (χ4v) is 1.63.